The Morgan fingerprint density at radius 3 is 2.41 bits per heavy atom. The lowest BCUT2D eigenvalue weighted by atomic mass is 10.0. The Hall–Kier alpha value is -1.55. The minimum absolute atomic E-state index is 0. The molecule has 1 fully saturated rings. The van der Waals surface area contributed by atoms with Crippen LogP contribution in [0.2, 0.25) is 0 Å². The molecular formula is C21H35IN4O3. The Balaban J connectivity index is 0.00000420. The maximum absolute atomic E-state index is 12.1. The average Bonchev–Trinajstić information content (AvgIpc) is 2.72. The smallest absolute Gasteiger partial charge is 0.225 e. The van der Waals surface area contributed by atoms with Crippen molar-refractivity contribution in [2.75, 3.05) is 33.3 Å². The number of likely N-dealkylation sites (tertiary alicyclic amines) is 1. The van der Waals surface area contributed by atoms with E-state index in [-0.39, 0.29) is 48.4 Å². The van der Waals surface area contributed by atoms with Gasteiger partial charge in [-0.2, -0.15) is 0 Å². The van der Waals surface area contributed by atoms with E-state index in [1.807, 2.05) is 49.9 Å². The van der Waals surface area contributed by atoms with Crippen molar-refractivity contribution in [1.82, 2.24) is 15.5 Å². The second kappa shape index (κ2) is 12.9. The van der Waals surface area contributed by atoms with Gasteiger partial charge in [0.1, 0.15) is 5.75 Å². The number of benzene rings is 1. The van der Waals surface area contributed by atoms with Crippen LogP contribution in [0.5, 0.6) is 5.75 Å². The summed E-state index contributed by atoms with van der Waals surface area (Å²) in [5.74, 6) is 1.73. The average molecular weight is 518 g/mol. The molecule has 0 saturated carbocycles. The van der Waals surface area contributed by atoms with Gasteiger partial charge in [0.2, 0.25) is 5.91 Å². The molecular weight excluding hydrogens is 483 g/mol. The molecule has 1 aliphatic rings. The number of hydrogen-bond acceptors (Lipinski definition) is 4. The van der Waals surface area contributed by atoms with Gasteiger partial charge in [0.15, 0.2) is 5.96 Å². The Labute approximate surface area is 191 Å². The Morgan fingerprint density at radius 2 is 1.90 bits per heavy atom. The molecule has 1 aliphatic heterocycles. The fraction of sp³-hybridized carbons (Fsp3) is 0.619. The monoisotopic (exact) mass is 518 g/mol. The molecule has 1 aromatic carbocycles. The normalized spacial score (nSPS) is 16.2. The third kappa shape index (κ3) is 8.00. The van der Waals surface area contributed by atoms with Crippen molar-refractivity contribution in [3.8, 4) is 5.75 Å². The maximum Gasteiger partial charge on any atom is 0.225 e. The van der Waals surface area contributed by atoms with Gasteiger partial charge >= 0.3 is 0 Å². The third-order valence-electron chi connectivity index (χ3n) is 4.91. The Kier molecular flexibility index (Phi) is 11.3. The van der Waals surface area contributed by atoms with Crippen LogP contribution in [-0.2, 0) is 4.79 Å². The van der Waals surface area contributed by atoms with Crippen molar-refractivity contribution < 1.29 is 14.6 Å². The second-order valence-corrected chi connectivity index (χ2v) is 7.41. The van der Waals surface area contributed by atoms with E-state index in [4.69, 9.17) is 4.74 Å². The molecule has 1 heterocycles. The van der Waals surface area contributed by atoms with Crippen molar-refractivity contribution in [3.05, 3.63) is 29.8 Å². The number of guanidine groups is 1. The van der Waals surface area contributed by atoms with Crippen LogP contribution in [0.25, 0.3) is 0 Å². The van der Waals surface area contributed by atoms with Gasteiger partial charge in [-0.1, -0.05) is 26.0 Å². The van der Waals surface area contributed by atoms with Crippen molar-refractivity contribution >= 4 is 35.8 Å². The summed E-state index contributed by atoms with van der Waals surface area (Å²) in [4.78, 5) is 18.6. The Bertz CT molecular complexity index is 644. The number of hydrogen-bond donors (Lipinski definition) is 3. The van der Waals surface area contributed by atoms with Crippen molar-refractivity contribution in [2.45, 2.75) is 45.8 Å². The zero-order valence-corrected chi connectivity index (χ0v) is 20.2. The molecule has 164 valence electrons. The number of halogens is 1. The molecule has 0 aromatic heterocycles. The highest BCUT2D eigenvalue weighted by Gasteiger charge is 2.24. The van der Waals surface area contributed by atoms with Gasteiger partial charge in [0.05, 0.1) is 19.8 Å². The topological polar surface area (TPSA) is 86.2 Å². The Morgan fingerprint density at radius 1 is 1.28 bits per heavy atom. The van der Waals surface area contributed by atoms with Gasteiger partial charge in [-0.05, 0) is 37.5 Å². The lowest BCUT2D eigenvalue weighted by molar-refractivity contribution is -0.135. The second-order valence-electron chi connectivity index (χ2n) is 7.41. The highest BCUT2D eigenvalue weighted by molar-refractivity contribution is 14.0. The molecule has 0 aliphatic carbocycles. The van der Waals surface area contributed by atoms with Crippen LogP contribution in [0.3, 0.4) is 0 Å². The number of aliphatic hydroxyl groups is 1. The van der Waals surface area contributed by atoms with Crippen molar-refractivity contribution in [1.29, 1.82) is 0 Å². The van der Waals surface area contributed by atoms with Gasteiger partial charge in [-0.3, -0.25) is 9.79 Å². The van der Waals surface area contributed by atoms with Crippen LogP contribution in [0.15, 0.2) is 29.3 Å². The molecule has 1 amide bonds. The highest BCUT2D eigenvalue weighted by atomic mass is 127. The lowest BCUT2D eigenvalue weighted by Crippen LogP contribution is -2.50. The van der Waals surface area contributed by atoms with E-state index in [0.717, 1.165) is 43.8 Å². The van der Waals surface area contributed by atoms with E-state index in [1.165, 1.54) is 0 Å². The third-order valence-corrected chi connectivity index (χ3v) is 4.91. The molecule has 1 unspecified atom stereocenters. The number of ether oxygens (including phenoxy) is 1. The molecule has 1 atom stereocenters. The summed E-state index contributed by atoms with van der Waals surface area (Å²) in [5, 5.41) is 17.1. The summed E-state index contributed by atoms with van der Waals surface area (Å²) in [5.41, 5.74) is 0.806. The van der Waals surface area contributed by atoms with E-state index in [2.05, 4.69) is 15.6 Å². The number of methoxy groups -OCH3 is 1. The zero-order valence-electron chi connectivity index (χ0n) is 17.9. The number of carbonyl (C=O) groups excluding carboxylic acids is 1. The predicted molar refractivity (Wildman–Crippen MR) is 127 cm³/mol. The molecule has 0 spiro atoms. The summed E-state index contributed by atoms with van der Waals surface area (Å²) < 4.78 is 5.15. The maximum atomic E-state index is 12.1. The summed E-state index contributed by atoms with van der Waals surface area (Å²) >= 11 is 0. The number of aliphatic imine (C=N–C) groups is 1. The minimum Gasteiger partial charge on any atom is -0.497 e. The van der Waals surface area contributed by atoms with Crippen molar-refractivity contribution in [2.24, 2.45) is 10.9 Å². The molecule has 7 nitrogen and oxygen atoms in total. The van der Waals surface area contributed by atoms with Gasteiger partial charge in [0.25, 0.3) is 0 Å². The number of piperidine rings is 1. The van der Waals surface area contributed by atoms with E-state index in [1.54, 1.807) is 7.11 Å². The predicted octanol–water partition coefficient (Wildman–Crippen LogP) is 2.55. The largest absolute Gasteiger partial charge is 0.497 e. The van der Waals surface area contributed by atoms with Crippen LogP contribution in [-0.4, -0.2) is 61.2 Å². The SMILES string of the molecule is CCNC(=NCC(O)c1ccc(OC)cc1)NC1CCN(C(=O)C(C)C)CC1.I. The number of carbonyl (C=O) groups is 1. The summed E-state index contributed by atoms with van der Waals surface area (Å²) in [6.07, 6.45) is 1.11. The molecule has 2 rings (SSSR count). The number of nitrogens with one attached hydrogen (secondary N) is 2. The molecule has 0 bridgehead atoms. The number of amides is 1. The summed E-state index contributed by atoms with van der Waals surface area (Å²) in [6, 6.07) is 7.63. The number of aliphatic hydroxyl groups excluding tert-OH is 1. The van der Waals surface area contributed by atoms with Gasteiger partial charge < -0.3 is 25.4 Å². The van der Waals surface area contributed by atoms with Crippen LogP contribution in [0.1, 0.15) is 45.3 Å². The van der Waals surface area contributed by atoms with Crippen LogP contribution < -0.4 is 15.4 Å². The van der Waals surface area contributed by atoms with Gasteiger partial charge in [-0.15, -0.1) is 24.0 Å². The molecule has 1 aromatic rings. The molecule has 29 heavy (non-hydrogen) atoms. The first-order valence-electron chi connectivity index (χ1n) is 10.1. The van der Waals surface area contributed by atoms with E-state index >= 15 is 0 Å². The van der Waals surface area contributed by atoms with E-state index in [9.17, 15) is 9.90 Å². The molecule has 1 saturated heterocycles. The van der Waals surface area contributed by atoms with Crippen LogP contribution >= 0.6 is 24.0 Å². The first-order chi connectivity index (χ1) is 13.4. The first kappa shape index (κ1) is 25.5. The lowest BCUT2D eigenvalue weighted by Gasteiger charge is -2.34. The van der Waals surface area contributed by atoms with E-state index in [0.29, 0.717) is 5.96 Å². The fourth-order valence-electron chi connectivity index (χ4n) is 3.23. The molecule has 0 radical (unpaired) electrons. The number of rotatable bonds is 7. The van der Waals surface area contributed by atoms with Crippen molar-refractivity contribution in [3.63, 3.8) is 0 Å². The van der Waals surface area contributed by atoms with Gasteiger partial charge in [-0.25, -0.2) is 0 Å². The molecule has 3 N–H and O–H groups in total. The van der Waals surface area contributed by atoms with Gasteiger partial charge in [0, 0.05) is 31.6 Å². The van der Waals surface area contributed by atoms with Crippen LogP contribution in [0.4, 0.5) is 0 Å². The summed E-state index contributed by atoms with van der Waals surface area (Å²) in [6.45, 7) is 8.45. The highest BCUT2D eigenvalue weighted by Crippen LogP contribution is 2.18. The standard InChI is InChI=1S/C21H34N4O3.HI/c1-5-22-21(23-14-19(26)16-6-8-18(28-4)9-7-16)24-17-10-12-25(13-11-17)20(27)15(2)3;/h6-9,15,17,19,26H,5,10-14H2,1-4H3,(H2,22,23,24);1H. The minimum atomic E-state index is -0.674. The van der Waals surface area contributed by atoms with Crippen LogP contribution in [0, 0.1) is 5.92 Å². The molecule has 8 heteroatoms. The quantitative estimate of drug-likeness (QED) is 0.294. The number of nitrogens with zero attached hydrogens (tertiary/aromatic N) is 2. The zero-order chi connectivity index (χ0) is 20.5. The summed E-state index contributed by atoms with van der Waals surface area (Å²) in [7, 11) is 1.62. The van der Waals surface area contributed by atoms with E-state index < -0.39 is 6.10 Å². The fourth-order valence-corrected chi connectivity index (χ4v) is 3.23. The first-order valence-corrected chi connectivity index (χ1v) is 10.1.